The topological polar surface area (TPSA) is 104 Å². The number of aryl methyl sites for hydroxylation is 1. The van der Waals surface area contributed by atoms with Crippen LogP contribution in [0.1, 0.15) is 34.6 Å². The van der Waals surface area contributed by atoms with Crippen molar-refractivity contribution in [3.63, 3.8) is 0 Å². The van der Waals surface area contributed by atoms with E-state index >= 15 is 4.39 Å². The number of halogens is 2. The molecule has 2 amide bonds. The minimum Gasteiger partial charge on any atom is -0.507 e. The van der Waals surface area contributed by atoms with E-state index in [4.69, 9.17) is 21.3 Å². The minimum absolute atomic E-state index is 0.0329. The Labute approximate surface area is 228 Å². The highest BCUT2D eigenvalue weighted by molar-refractivity contribution is 6.35. The van der Waals surface area contributed by atoms with Gasteiger partial charge in [0.15, 0.2) is 5.75 Å². The van der Waals surface area contributed by atoms with Crippen molar-refractivity contribution < 1.29 is 23.8 Å². The molecule has 3 aliphatic rings. The lowest BCUT2D eigenvalue weighted by molar-refractivity contribution is -0.128. The highest BCUT2D eigenvalue weighted by Crippen LogP contribution is 2.48. The van der Waals surface area contributed by atoms with Gasteiger partial charge in [-0.25, -0.2) is 9.37 Å². The van der Waals surface area contributed by atoms with Crippen LogP contribution in [0.2, 0.25) is 5.02 Å². The number of aromatic hydroxyl groups is 1. The largest absolute Gasteiger partial charge is 0.507 e. The molecule has 0 aliphatic carbocycles. The third-order valence-corrected chi connectivity index (χ3v) is 7.93. The summed E-state index contributed by atoms with van der Waals surface area (Å²) in [6.45, 7) is 6.88. The SMILES string of the molecule is C=CC(=O)N1CCN2C(=O)c3c(N4Cc5cn(C)nc5[C@H]4C)nc(-c4c(O)cccc4F)c(Cl)c3OC[C@H]2C1. The molecule has 2 atom stereocenters. The Kier molecular flexibility index (Phi) is 5.98. The predicted molar refractivity (Wildman–Crippen MR) is 141 cm³/mol. The smallest absolute Gasteiger partial charge is 0.261 e. The number of anilines is 1. The quantitative estimate of drug-likeness (QED) is 0.497. The van der Waals surface area contributed by atoms with Crippen LogP contribution in [0.15, 0.2) is 37.1 Å². The first-order valence-corrected chi connectivity index (χ1v) is 12.9. The zero-order valence-corrected chi connectivity index (χ0v) is 22.2. The molecule has 1 fully saturated rings. The third kappa shape index (κ3) is 3.91. The van der Waals surface area contributed by atoms with Crippen LogP contribution in [0.5, 0.6) is 11.5 Å². The number of phenolic OH excluding ortho intramolecular Hbond substituents is 1. The van der Waals surface area contributed by atoms with E-state index < -0.39 is 11.9 Å². The van der Waals surface area contributed by atoms with Crippen LogP contribution in [-0.2, 0) is 18.4 Å². The summed E-state index contributed by atoms with van der Waals surface area (Å²) < 4.78 is 23.0. The number of pyridine rings is 1. The van der Waals surface area contributed by atoms with Gasteiger partial charge in [-0.05, 0) is 25.1 Å². The van der Waals surface area contributed by atoms with Crippen LogP contribution in [0.4, 0.5) is 10.2 Å². The molecule has 6 rings (SSSR count). The molecule has 202 valence electrons. The lowest BCUT2D eigenvalue weighted by Gasteiger charge is -2.39. The monoisotopic (exact) mass is 552 g/mol. The fourth-order valence-corrected chi connectivity index (χ4v) is 5.94. The van der Waals surface area contributed by atoms with Crippen molar-refractivity contribution >= 4 is 29.2 Å². The summed E-state index contributed by atoms with van der Waals surface area (Å²) in [5.74, 6) is -1.30. The van der Waals surface area contributed by atoms with E-state index in [1.54, 1.807) is 14.5 Å². The van der Waals surface area contributed by atoms with E-state index in [2.05, 4.69) is 11.7 Å². The van der Waals surface area contributed by atoms with Gasteiger partial charge in [0.1, 0.15) is 40.3 Å². The van der Waals surface area contributed by atoms with E-state index in [9.17, 15) is 14.7 Å². The number of hydrogen-bond donors (Lipinski definition) is 1. The summed E-state index contributed by atoms with van der Waals surface area (Å²) in [6.07, 6.45) is 3.16. The predicted octanol–water partition coefficient (Wildman–Crippen LogP) is 3.29. The van der Waals surface area contributed by atoms with Gasteiger partial charge >= 0.3 is 0 Å². The number of rotatable bonds is 3. The molecular weight excluding hydrogens is 527 g/mol. The molecule has 3 aliphatic heterocycles. The first-order valence-electron chi connectivity index (χ1n) is 12.5. The Morgan fingerprint density at radius 1 is 1.28 bits per heavy atom. The normalized spacial score (nSPS) is 20.2. The molecule has 0 bridgehead atoms. The Bertz CT molecular complexity index is 1520. The number of hydrogen-bond acceptors (Lipinski definition) is 7. The molecule has 5 heterocycles. The van der Waals surface area contributed by atoms with E-state index in [1.807, 2.05) is 25.1 Å². The van der Waals surface area contributed by atoms with E-state index in [-0.39, 0.29) is 76.7 Å². The molecule has 1 aromatic carbocycles. The second kappa shape index (κ2) is 9.26. The Morgan fingerprint density at radius 2 is 2.08 bits per heavy atom. The van der Waals surface area contributed by atoms with Crippen LogP contribution < -0.4 is 9.64 Å². The first-order chi connectivity index (χ1) is 18.7. The second-order valence-electron chi connectivity index (χ2n) is 9.90. The highest BCUT2D eigenvalue weighted by Gasteiger charge is 2.43. The van der Waals surface area contributed by atoms with Crippen molar-refractivity contribution in [2.24, 2.45) is 7.05 Å². The molecule has 10 nitrogen and oxygen atoms in total. The second-order valence-corrected chi connectivity index (χ2v) is 10.3. The number of carbonyl (C=O) groups is 2. The molecule has 0 saturated carbocycles. The van der Waals surface area contributed by atoms with Gasteiger partial charge in [-0.1, -0.05) is 24.2 Å². The maximum atomic E-state index is 15.0. The van der Waals surface area contributed by atoms with E-state index in [0.29, 0.717) is 13.1 Å². The molecule has 1 saturated heterocycles. The van der Waals surface area contributed by atoms with Crippen LogP contribution in [0.3, 0.4) is 0 Å². The zero-order chi connectivity index (χ0) is 27.6. The summed E-state index contributed by atoms with van der Waals surface area (Å²) in [6, 6.07) is 3.24. The summed E-state index contributed by atoms with van der Waals surface area (Å²) in [5, 5.41) is 15.1. The van der Waals surface area contributed by atoms with Crippen molar-refractivity contribution in [3.8, 4) is 22.8 Å². The third-order valence-electron chi connectivity index (χ3n) is 7.58. The number of benzene rings is 1. The molecule has 12 heteroatoms. The molecule has 39 heavy (non-hydrogen) atoms. The van der Waals surface area contributed by atoms with Crippen molar-refractivity contribution in [1.82, 2.24) is 24.6 Å². The van der Waals surface area contributed by atoms with Gasteiger partial charge in [0, 0.05) is 45.0 Å². The van der Waals surface area contributed by atoms with Gasteiger partial charge in [-0.2, -0.15) is 5.10 Å². The number of ether oxygens (including phenoxy) is 1. The maximum absolute atomic E-state index is 15.0. The molecular formula is C27H26ClFN6O4. The number of phenols is 1. The summed E-state index contributed by atoms with van der Waals surface area (Å²) in [5.41, 5.74) is 1.76. The number of fused-ring (bicyclic) bond motifs is 3. The zero-order valence-electron chi connectivity index (χ0n) is 21.4. The molecule has 0 unspecified atom stereocenters. The lowest BCUT2D eigenvalue weighted by atomic mass is 10.0. The fourth-order valence-electron chi connectivity index (χ4n) is 5.65. The van der Waals surface area contributed by atoms with Crippen LogP contribution in [-0.4, -0.2) is 73.8 Å². The Balaban J connectivity index is 1.52. The summed E-state index contributed by atoms with van der Waals surface area (Å²) in [7, 11) is 1.84. The van der Waals surface area contributed by atoms with Crippen molar-refractivity contribution in [3.05, 3.63) is 64.7 Å². The maximum Gasteiger partial charge on any atom is 0.261 e. The first kappa shape index (κ1) is 25.2. The molecule has 0 spiro atoms. The van der Waals surface area contributed by atoms with E-state index in [0.717, 1.165) is 11.3 Å². The average Bonchev–Trinajstić information content (AvgIpc) is 3.38. The highest BCUT2D eigenvalue weighted by atomic mass is 35.5. The Hall–Kier alpha value is -4.12. The lowest BCUT2D eigenvalue weighted by Crippen LogP contribution is -2.57. The standard InChI is InChI=1S/C27H26ClFN6O4/c1-4-19(37)33-8-9-34-16(12-33)13-39-25-21(27(34)38)26(35-11-15-10-32(3)31-23(15)14(35)2)30-24(22(25)28)20-17(29)6-5-7-18(20)36/h4-7,10,14,16,36H,1,8-9,11-13H2,2-3H3/t14-,16-/m1/s1. The van der Waals surface area contributed by atoms with Gasteiger partial charge < -0.3 is 24.5 Å². The van der Waals surface area contributed by atoms with Gasteiger partial charge in [0.25, 0.3) is 5.91 Å². The van der Waals surface area contributed by atoms with Crippen molar-refractivity contribution in [2.45, 2.75) is 25.6 Å². The van der Waals surface area contributed by atoms with Gasteiger partial charge in [0.05, 0.1) is 23.3 Å². The van der Waals surface area contributed by atoms with Crippen molar-refractivity contribution in [1.29, 1.82) is 0 Å². The number of nitrogens with zero attached hydrogens (tertiary/aromatic N) is 6. The van der Waals surface area contributed by atoms with Crippen LogP contribution in [0, 0.1) is 5.82 Å². The number of piperazine rings is 1. The number of aromatic nitrogens is 3. The molecule has 1 N–H and O–H groups in total. The number of amides is 2. The van der Waals surface area contributed by atoms with Gasteiger partial charge in [-0.15, -0.1) is 0 Å². The summed E-state index contributed by atoms with van der Waals surface area (Å²) in [4.78, 5) is 36.4. The van der Waals surface area contributed by atoms with Crippen molar-refractivity contribution in [2.75, 3.05) is 31.1 Å². The number of carbonyl (C=O) groups excluding carboxylic acids is 2. The fraction of sp³-hybridized carbons (Fsp3) is 0.333. The van der Waals surface area contributed by atoms with Gasteiger partial charge in [0.2, 0.25) is 5.91 Å². The van der Waals surface area contributed by atoms with Crippen LogP contribution >= 0.6 is 11.6 Å². The molecule has 3 aromatic rings. The summed E-state index contributed by atoms with van der Waals surface area (Å²) >= 11 is 6.80. The van der Waals surface area contributed by atoms with Crippen LogP contribution in [0.25, 0.3) is 11.3 Å². The average molecular weight is 553 g/mol. The van der Waals surface area contributed by atoms with Gasteiger partial charge in [-0.3, -0.25) is 14.3 Å². The van der Waals surface area contributed by atoms with E-state index in [1.165, 1.54) is 24.3 Å². The minimum atomic E-state index is -0.716. The Morgan fingerprint density at radius 3 is 2.79 bits per heavy atom. The molecule has 0 radical (unpaired) electrons. The molecule has 2 aromatic heterocycles.